The van der Waals surface area contributed by atoms with Crippen LogP contribution in [0.3, 0.4) is 0 Å². The monoisotopic (exact) mass is 346 g/mol. The summed E-state index contributed by atoms with van der Waals surface area (Å²) in [4.78, 5) is 17.2. The molecule has 4 nitrogen and oxygen atoms in total. The minimum atomic E-state index is -0.137. The van der Waals surface area contributed by atoms with Crippen LogP contribution in [0, 0.1) is 6.92 Å². The smallest absolute Gasteiger partial charge is 0.255 e. The Bertz CT molecular complexity index is 907. The van der Waals surface area contributed by atoms with Gasteiger partial charge in [-0.15, -0.1) is 0 Å². The molecule has 3 rings (SSSR count). The molecule has 26 heavy (non-hydrogen) atoms. The molecule has 1 amide bonds. The fourth-order valence-corrected chi connectivity index (χ4v) is 2.88. The summed E-state index contributed by atoms with van der Waals surface area (Å²) in [6.07, 6.45) is 1.73. The van der Waals surface area contributed by atoms with Crippen molar-refractivity contribution in [1.82, 2.24) is 4.98 Å². The number of ether oxygens (including phenoxy) is 1. The molecule has 1 atom stereocenters. The van der Waals surface area contributed by atoms with Gasteiger partial charge in [0.15, 0.2) is 0 Å². The maximum Gasteiger partial charge on any atom is 0.255 e. The summed E-state index contributed by atoms with van der Waals surface area (Å²) in [6, 6.07) is 19.2. The van der Waals surface area contributed by atoms with E-state index in [1.165, 1.54) is 0 Å². The van der Waals surface area contributed by atoms with E-state index in [0.29, 0.717) is 5.56 Å². The zero-order valence-electron chi connectivity index (χ0n) is 15.2. The maximum absolute atomic E-state index is 12.8. The Morgan fingerprint density at radius 3 is 2.62 bits per heavy atom. The highest BCUT2D eigenvalue weighted by Crippen LogP contribution is 2.25. The number of pyridine rings is 1. The Kier molecular flexibility index (Phi) is 5.44. The fourth-order valence-electron chi connectivity index (χ4n) is 2.88. The van der Waals surface area contributed by atoms with Gasteiger partial charge in [0.05, 0.1) is 11.8 Å². The van der Waals surface area contributed by atoms with E-state index >= 15 is 0 Å². The number of nitrogens with one attached hydrogen (secondary N) is 1. The molecule has 1 N–H and O–H groups in total. The van der Waals surface area contributed by atoms with Crippen molar-refractivity contribution in [3.8, 4) is 11.3 Å². The summed E-state index contributed by atoms with van der Waals surface area (Å²) in [6.45, 7) is 3.92. The number of aromatic nitrogens is 1. The minimum Gasteiger partial charge on any atom is -0.377 e. The molecule has 132 valence electrons. The van der Waals surface area contributed by atoms with Crippen LogP contribution in [-0.2, 0) is 4.74 Å². The van der Waals surface area contributed by atoms with Gasteiger partial charge in [0.1, 0.15) is 0 Å². The van der Waals surface area contributed by atoms with Crippen molar-refractivity contribution < 1.29 is 9.53 Å². The van der Waals surface area contributed by atoms with Crippen molar-refractivity contribution in [1.29, 1.82) is 0 Å². The van der Waals surface area contributed by atoms with Crippen LogP contribution in [0.5, 0.6) is 0 Å². The average Bonchev–Trinajstić information content (AvgIpc) is 2.68. The van der Waals surface area contributed by atoms with Crippen molar-refractivity contribution in [2.45, 2.75) is 20.0 Å². The van der Waals surface area contributed by atoms with E-state index in [2.05, 4.69) is 10.3 Å². The summed E-state index contributed by atoms with van der Waals surface area (Å²) in [5.74, 6) is -0.137. The second-order valence-electron chi connectivity index (χ2n) is 6.15. The van der Waals surface area contributed by atoms with E-state index < -0.39 is 0 Å². The van der Waals surface area contributed by atoms with E-state index in [1.54, 1.807) is 13.3 Å². The van der Waals surface area contributed by atoms with Gasteiger partial charge in [-0.2, -0.15) is 0 Å². The molecule has 0 saturated carbocycles. The lowest BCUT2D eigenvalue weighted by atomic mass is 9.99. The van der Waals surface area contributed by atoms with E-state index in [9.17, 15) is 4.79 Å². The molecule has 0 aliphatic rings. The minimum absolute atomic E-state index is 0.0268. The first-order valence-corrected chi connectivity index (χ1v) is 8.55. The van der Waals surface area contributed by atoms with Crippen LogP contribution in [-0.4, -0.2) is 18.0 Å². The van der Waals surface area contributed by atoms with E-state index in [4.69, 9.17) is 4.74 Å². The summed E-state index contributed by atoms with van der Waals surface area (Å²) < 4.78 is 5.35. The van der Waals surface area contributed by atoms with Crippen LogP contribution < -0.4 is 5.32 Å². The lowest BCUT2D eigenvalue weighted by Gasteiger charge is -2.14. The second kappa shape index (κ2) is 7.93. The first-order valence-electron chi connectivity index (χ1n) is 8.55. The third-order valence-corrected chi connectivity index (χ3v) is 4.49. The van der Waals surface area contributed by atoms with Crippen LogP contribution in [0.2, 0.25) is 0 Å². The molecule has 0 aliphatic heterocycles. The SMILES string of the molecule is CO[C@@H](C)c1cccc(NC(=O)c2cccc(-c3ccccn3)c2C)c1. The number of hydrogen-bond donors (Lipinski definition) is 1. The number of nitrogens with zero attached hydrogens (tertiary/aromatic N) is 1. The maximum atomic E-state index is 12.8. The van der Waals surface area contributed by atoms with Gasteiger partial charge in [-0.25, -0.2) is 0 Å². The van der Waals surface area contributed by atoms with Crippen LogP contribution in [0.1, 0.15) is 34.5 Å². The van der Waals surface area contributed by atoms with Crippen LogP contribution in [0.15, 0.2) is 66.9 Å². The van der Waals surface area contributed by atoms with Crippen LogP contribution >= 0.6 is 0 Å². The van der Waals surface area contributed by atoms with E-state index in [1.807, 2.05) is 74.5 Å². The average molecular weight is 346 g/mol. The van der Waals surface area contributed by atoms with Crippen molar-refractivity contribution in [2.75, 3.05) is 12.4 Å². The first-order chi connectivity index (χ1) is 12.6. The van der Waals surface area contributed by atoms with Gasteiger partial charge in [0, 0.05) is 30.1 Å². The van der Waals surface area contributed by atoms with Gasteiger partial charge in [0.2, 0.25) is 0 Å². The Hall–Kier alpha value is -2.98. The molecule has 0 aliphatic carbocycles. The molecular weight excluding hydrogens is 324 g/mol. The quantitative estimate of drug-likeness (QED) is 0.706. The van der Waals surface area contributed by atoms with Gasteiger partial charge in [-0.1, -0.05) is 30.3 Å². The highest BCUT2D eigenvalue weighted by Gasteiger charge is 2.14. The predicted octanol–water partition coefficient (Wildman–Crippen LogP) is 5.02. The van der Waals surface area contributed by atoms with E-state index in [0.717, 1.165) is 28.1 Å². The number of carbonyl (C=O) groups excluding carboxylic acids is 1. The number of benzene rings is 2. The van der Waals surface area contributed by atoms with E-state index in [-0.39, 0.29) is 12.0 Å². The Morgan fingerprint density at radius 1 is 1.08 bits per heavy atom. The summed E-state index contributed by atoms with van der Waals surface area (Å²) in [5, 5.41) is 2.98. The molecule has 0 fully saturated rings. The highest BCUT2D eigenvalue weighted by atomic mass is 16.5. The normalized spacial score (nSPS) is 11.8. The molecule has 0 bridgehead atoms. The lowest BCUT2D eigenvalue weighted by molar-refractivity contribution is 0.102. The Balaban J connectivity index is 1.87. The standard InChI is InChI=1S/C22H22N2O2/c1-15-19(21-12-4-5-13-23-21)10-7-11-20(15)22(25)24-18-9-6-8-17(14-18)16(2)26-3/h4-14,16H,1-3H3,(H,24,25)/t16-/m0/s1. The molecule has 0 unspecified atom stereocenters. The molecule has 0 radical (unpaired) electrons. The third kappa shape index (κ3) is 3.81. The molecule has 2 aromatic carbocycles. The number of carbonyl (C=O) groups is 1. The van der Waals surface area contributed by atoms with Crippen molar-refractivity contribution in [3.63, 3.8) is 0 Å². The number of hydrogen-bond acceptors (Lipinski definition) is 3. The Labute approximate surface area is 153 Å². The largest absolute Gasteiger partial charge is 0.377 e. The number of rotatable bonds is 5. The summed E-state index contributed by atoms with van der Waals surface area (Å²) in [7, 11) is 1.67. The molecule has 1 heterocycles. The summed E-state index contributed by atoms with van der Waals surface area (Å²) in [5.41, 5.74) is 5.13. The Morgan fingerprint density at radius 2 is 1.88 bits per heavy atom. The van der Waals surface area contributed by atoms with Gasteiger partial charge in [-0.05, 0) is 55.3 Å². The van der Waals surface area contributed by atoms with Crippen molar-refractivity contribution in [2.24, 2.45) is 0 Å². The van der Waals surface area contributed by atoms with Crippen molar-refractivity contribution >= 4 is 11.6 Å². The zero-order chi connectivity index (χ0) is 18.5. The predicted molar refractivity (Wildman–Crippen MR) is 104 cm³/mol. The number of methoxy groups -OCH3 is 1. The second-order valence-corrected chi connectivity index (χ2v) is 6.15. The lowest BCUT2D eigenvalue weighted by Crippen LogP contribution is -2.14. The fraction of sp³-hybridized carbons (Fsp3) is 0.182. The molecular formula is C22H22N2O2. The topological polar surface area (TPSA) is 51.2 Å². The number of amides is 1. The highest BCUT2D eigenvalue weighted by molar-refractivity contribution is 6.06. The summed E-state index contributed by atoms with van der Waals surface area (Å²) >= 11 is 0. The molecule has 1 aromatic heterocycles. The number of anilines is 1. The van der Waals surface area contributed by atoms with Gasteiger partial charge in [0.25, 0.3) is 5.91 Å². The van der Waals surface area contributed by atoms with Crippen LogP contribution in [0.25, 0.3) is 11.3 Å². The van der Waals surface area contributed by atoms with Crippen LogP contribution in [0.4, 0.5) is 5.69 Å². The van der Waals surface area contributed by atoms with Crippen molar-refractivity contribution in [3.05, 3.63) is 83.6 Å². The molecule has 0 saturated heterocycles. The first kappa shape index (κ1) is 17.8. The van der Waals surface area contributed by atoms with Gasteiger partial charge in [-0.3, -0.25) is 9.78 Å². The molecule has 0 spiro atoms. The van der Waals surface area contributed by atoms with Gasteiger partial charge >= 0.3 is 0 Å². The molecule has 3 aromatic rings. The van der Waals surface area contributed by atoms with Gasteiger partial charge < -0.3 is 10.1 Å². The zero-order valence-corrected chi connectivity index (χ0v) is 15.2. The third-order valence-electron chi connectivity index (χ3n) is 4.49. The molecule has 4 heteroatoms.